The van der Waals surface area contributed by atoms with Gasteiger partial charge in [0.15, 0.2) is 0 Å². The molecule has 0 fully saturated rings. The predicted molar refractivity (Wildman–Crippen MR) is 48.0 cm³/mol. The van der Waals surface area contributed by atoms with Gasteiger partial charge in [-0.3, -0.25) is 0 Å². The van der Waals surface area contributed by atoms with Gasteiger partial charge in [0, 0.05) is 12.1 Å². The predicted octanol–water partition coefficient (Wildman–Crippen LogP) is 2.36. The molecule has 0 atom stereocenters. The van der Waals surface area contributed by atoms with E-state index in [0.717, 1.165) is 11.1 Å². The second-order valence-electron chi connectivity index (χ2n) is 2.23. The highest BCUT2D eigenvalue weighted by molar-refractivity contribution is 6.32. The minimum atomic E-state index is 0.372. The van der Waals surface area contributed by atoms with E-state index in [1.807, 2.05) is 6.92 Å². The van der Waals surface area contributed by atoms with Crippen molar-refractivity contribution in [3.05, 3.63) is 22.3 Å². The lowest BCUT2D eigenvalue weighted by Crippen LogP contribution is -1.97. The van der Waals surface area contributed by atoms with E-state index >= 15 is 0 Å². The maximum atomic E-state index is 5.80. The van der Waals surface area contributed by atoms with E-state index in [1.165, 1.54) is 6.20 Å². The molecule has 1 rings (SSSR count). The number of nitrogens with zero attached hydrogens (tertiary/aromatic N) is 1. The Morgan fingerprint density at radius 2 is 2.27 bits per heavy atom. The highest BCUT2D eigenvalue weighted by Gasteiger charge is 2.05. The van der Waals surface area contributed by atoms with Crippen molar-refractivity contribution in [2.24, 2.45) is 0 Å². The van der Waals surface area contributed by atoms with Crippen LogP contribution in [0.4, 0.5) is 5.82 Å². The third-order valence-electron chi connectivity index (χ3n) is 1.58. The molecule has 0 saturated heterocycles. The molecule has 0 radical (unpaired) electrons. The molecule has 0 aliphatic heterocycles. The van der Waals surface area contributed by atoms with Crippen LogP contribution in [-0.4, -0.2) is 4.98 Å². The monoisotopic (exact) mass is 190 g/mol. The lowest BCUT2D eigenvalue weighted by molar-refractivity contribution is 1.21. The SMILES string of the molecule is Cc1c(N)ncc(Cl)c1CCl. The summed E-state index contributed by atoms with van der Waals surface area (Å²) in [6, 6.07) is 0. The normalized spacial score (nSPS) is 10.1. The van der Waals surface area contributed by atoms with E-state index in [1.54, 1.807) is 0 Å². The molecule has 60 valence electrons. The summed E-state index contributed by atoms with van der Waals surface area (Å²) in [5, 5.41) is 0.576. The average Bonchev–Trinajstić information content (AvgIpc) is 1.99. The Morgan fingerprint density at radius 3 is 2.73 bits per heavy atom. The summed E-state index contributed by atoms with van der Waals surface area (Å²) in [6.45, 7) is 1.85. The molecule has 1 heterocycles. The topological polar surface area (TPSA) is 38.9 Å². The minimum Gasteiger partial charge on any atom is -0.383 e. The fraction of sp³-hybridized carbons (Fsp3) is 0.286. The summed E-state index contributed by atoms with van der Waals surface area (Å²) in [5.74, 6) is 0.863. The smallest absolute Gasteiger partial charge is 0.126 e. The summed E-state index contributed by atoms with van der Waals surface area (Å²) in [7, 11) is 0. The van der Waals surface area contributed by atoms with E-state index in [-0.39, 0.29) is 0 Å². The van der Waals surface area contributed by atoms with Crippen LogP contribution in [0.3, 0.4) is 0 Å². The van der Waals surface area contributed by atoms with Crippen LogP contribution in [0.25, 0.3) is 0 Å². The fourth-order valence-electron chi connectivity index (χ4n) is 0.799. The molecule has 0 aromatic carbocycles. The minimum absolute atomic E-state index is 0.372. The van der Waals surface area contributed by atoms with Crippen molar-refractivity contribution < 1.29 is 0 Å². The highest BCUT2D eigenvalue weighted by atomic mass is 35.5. The number of nitrogens with two attached hydrogens (primary N) is 1. The molecule has 4 heteroatoms. The van der Waals surface area contributed by atoms with E-state index in [4.69, 9.17) is 28.9 Å². The molecule has 0 saturated carbocycles. The Morgan fingerprint density at radius 1 is 1.64 bits per heavy atom. The maximum absolute atomic E-state index is 5.80. The number of aromatic nitrogens is 1. The molecule has 11 heavy (non-hydrogen) atoms. The molecule has 0 aliphatic rings. The van der Waals surface area contributed by atoms with Crippen LogP contribution >= 0.6 is 23.2 Å². The van der Waals surface area contributed by atoms with E-state index < -0.39 is 0 Å². The molecule has 0 amide bonds. The fourth-order valence-corrected chi connectivity index (χ4v) is 1.47. The molecule has 0 spiro atoms. The van der Waals surface area contributed by atoms with Crippen LogP contribution in [0.1, 0.15) is 11.1 Å². The van der Waals surface area contributed by atoms with Gasteiger partial charge in [0.1, 0.15) is 5.82 Å². The molecule has 0 bridgehead atoms. The molecule has 2 nitrogen and oxygen atoms in total. The third-order valence-corrected chi connectivity index (χ3v) is 2.17. The summed E-state index contributed by atoms with van der Waals surface area (Å²) in [6.07, 6.45) is 1.52. The number of rotatable bonds is 1. The lowest BCUT2D eigenvalue weighted by Gasteiger charge is -2.05. The Bertz CT molecular complexity index is 273. The van der Waals surface area contributed by atoms with Gasteiger partial charge in [-0.1, -0.05) is 11.6 Å². The highest BCUT2D eigenvalue weighted by Crippen LogP contribution is 2.23. The van der Waals surface area contributed by atoms with Gasteiger partial charge in [0.2, 0.25) is 0 Å². The Balaban J connectivity index is 3.29. The lowest BCUT2D eigenvalue weighted by atomic mass is 10.2. The second-order valence-corrected chi connectivity index (χ2v) is 2.90. The Labute approximate surface area is 75.3 Å². The van der Waals surface area contributed by atoms with E-state index in [0.29, 0.717) is 16.7 Å². The first-order valence-electron chi connectivity index (χ1n) is 3.12. The van der Waals surface area contributed by atoms with Crippen LogP contribution < -0.4 is 5.73 Å². The van der Waals surface area contributed by atoms with Gasteiger partial charge in [0.05, 0.1) is 5.02 Å². The zero-order valence-corrected chi connectivity index (χ0v) is 7.58. The number of halogens is 2. The van der Waals surface area contributed by atoms with Crippen molar-refractivity contribution in [2.75, 3.05) is 5.73 Å². The number of alkyl halides is 1. The van der Waals surface area contributed by atoms with Crippen molar-refractivity contribution in [2.45, 2.75) is 12.8 Å². The first kappa shape index (κ1) is 8.62. The summed E-state index contributed by atoms with van der Waals surface area (Å²) >= 11 is 11.4. The number of hydrogen-bond donors (Lipinski definition) is 1. The first-order chi connectivity index (χ1) is 5.16. The zero-order chi connectivity index (χ0) is 8.43. The van der Waals surface area contributed by atoms with Crippen molar-refractivity contribution in [3.8, 4) is 0 Å². The van der Waals surface area contributed by atoms with Crippen LogP contribution in [0.5, 0.6) is 0 Å². The van der Waals surface area contributed by atoms with Gasteiger partial charge in [-0.2, -0.15) is 0 Å². The van der Waals surface area contributed by atoms with Crippen molar-refractivity contribution in [3.63, 3.8) is 0 Å². The van der Waals surface area contributed by atoms with Crippen molar-refractivity contribution in [1.29, 1.82) is 0 Å². The molecule has 1 aromatic rings. The summed E-state index contributed by atoms with van der Waals surface area (Å²) < 4.78 is 0. The Hall–Kier alpha value is -0.470. The van der Waals surface area contributed by atoms with Crippen LogP contribution in [0, 0.1) is 6.92 Å². The van der Waals surface area contributed by atoms with Gasteiger partial charge in [-0.25, -0.2) is 4.98 Å². The summed E-state index contributed by atoms with van der Waals surface area (Å²) in [4.78, 5) is 3.87. The van der Waals surface area contributed by atoms with Gasteiger partial charge >= 0.3 is 0 Å². The number of hydrogen-bond acceptors (Lipinski definition) is 2. The van der Waals surface area contributed by atoms with Gasteiger partial charge in [-0.15, -0.1) is 11.6 Å². The van der Waals surface area contributed by atoms with Crippen LogP contribution in [0.2, 0.25) is 5.02 Å². The summed E-state index contributed by atoms with van der Waals surface area (Å²) in [5.41, 5.74) is 7.27. The van der Waals surface area contributed by atoms with Crippen molar-refractivity contribution in [1.82, 2.24) is 4.98 Å². The molecular formula is C7H8Cl2N2. The van der Waals surface area contributed by atoms with Crippen LogP contribution in [0.15, 0.2) is 6.20 Å². The maximum Gasteiger partial charge on any atom is 0.126 e. The molecule has 2 N–H and O–H groups in total. The van der Waals surface area contributed by atoms with Crippen LogP contribution in [-0.2, 0) is 5.88 Å². The third kappa shape index (κ3) is 1.57. The largest absolute Gasteiger partial charge is 0.383 e. The van der Waals surface area contributed by atoms with Crippen molar-refractivity contribution >= 4 is 29.0 Å². The quantitative estimate of drug-likeness (QED) is 0.692. The number of anilines is 1. The second kappa shape index (κ2) is 3.28. The van der Waals surface area contributed by atoms with E-state index in [2.05, 4.69) is 4.98 Å². The Kier molecular flexibility index (Phi) is 2.58. The molecular weight excluding hydrogens is 183 g/mol. The standard InChI is InChI=1S/C7H8Cl2N2/c1-4-5(2-8)6(9)3-11-7(4)10/h3H,2H2,1H3,(H2,10,11). The zero-order valence-electron chi connectivity index (χ0n) is 6.06. The molecule has 0 aliphatic carbocycles. The molecule has 0 unspecified atom stereocenters. The van der Waals surface area contributed by atoms with Gasteiger partial charge in [0.25, 0.3) is 0 Å². The van der Waals surface area contributed by atoms with E-state index in [9.17, 15) is 0 Å². The number of nitrogen functional groups attached to an aromatic ring is 1. The average molecular weight is 191 g/mol. The van der Waals surface area contributed by atoms with Gasteiger partial charge in [-0.05, 0) is 18.1 Å². The molecule has 1 aromatic heterocycles. The number of pyridine rings is 1. The van der Waals surface area contributed by atoms with Gasteiger partial charge < -0.3 is 5.73 Å². The first-order valence-corrected chi connectivity index (χ1v) is 4.03.